The molecule has 0 aliphatic heterocycles. The van der Waals surface area contributed by atoms with Crippen molar-refractivity contribution in [2.75, 3.05) is 13.1 Å². The van der Waals surface area contributed by atoms with Gasteiger partial charge in [0.15, 0.2) is 0 Å². The third-order valence-corrected chi connectivity index (χ3v) is 7.28. The topological polar surface area (TPSA) is 57.7 Å². The minimum atomic E-state index is -3.86. The van der Waals surface area contributed by atoms with E-state index in [2.05, 4.69) is 6.58 Å². The van der Waals surface area contributed by atoms with Gasteiger partial charge in [-0.25, -0.2) is 12.8 Å². The molecule has 2 aromatic carbocycles. The molecule has 0 radical (unpaired) electrons. The van der Waals surface area contributed by atoms with E-state index in [0.717, 1.165) is 14.7 Å². The first kappa shape index (κ1) is 22.9. The molecule has 0 aliphatic rings. The van der Waals surface area contributed by atoms with Crippen molar-refractivity contribution >= 4 is 27.3 Å². The van der Waals surface area contributed by atoms with Crippen molar-refractivity contribution in [3.05, 3.63) is 101 Å². The molecule has 0 spiro atoms. The van der Waals surface area contributed by atoms with E-state index in [1.165, 1.54) is 41.7 Å². The number of sulfonamides is 1. The molecule has 1 aromatic heterocycles. The first-order valence-electron chi connectivity index (χ1n) is 9.61. The molecule has 162 valence electrons. The van der Waals surface area contributed by atoms with Gasteiger partial charge in [0.05, 0.1) is 18.0 Å². The van der Waals surface area contributed by atoms with Gasteiger partial charge in [0, 0.05) is 18.0 Å². The first-order chi connectivity index (χ1) is 14.9. The summed E-state index contributed by atoms with van der Waals surface area (Å²) in [6, 6.07) is 17.7. The standard InChI is InChI=1S/C23H23FN2O3S2/c1-2-14-26(31(28,29)22-8-4-3-5-9-22)18-23(27)25(17-21-7-6-15-30-21)16-19-10-12-20(24)13-11-19/h2-13,15H,1,14,16-18H2. The summed E-state index contributed by atoms with van der Waals surface area (Å²) >= 11 is 1.51. The van der Waals surface area contributed by atoms with Gasteiger partial charge < -0.3 is 4.90 Å². The second-order valence-electron chi connectivity index (χ2n) is 6.85. The first-order valence-corrected chi connectivity index (χ1v) is 11.9. The summed E-state index contributed by atoms with van der Waals surface area (Å²) in [5, 5.41) is 1.92. The number of halogens is 1. The van der Waals surface area contributed by atoms with Gasteiger partial charge in [0.2, 0.25) is 15.9 Å². The Balaban J connectivity index is 1.84. The lowest BCUT2D eigenvalue weighted by atomic mass is 10.2. The van der Waals surface area contributed by atoms with Crippen molar-refractivity contribution in [3.63, 3.8) is 0 Å². The number of hydrogen-bond acceptors (Lipinski definition) is 4. The molecule has 3 rings (SSSR count). The van der Waals surface area contributed by atoms with Crippen LogP contribution in [0.3, 0.4) is 0 Å². The third-order valence-electron chi connectivity index (χ3n) is 4.59. The molecule has 0 fully saturated rings. The molecule has 31 heavy (non-hydrogen) atoms. The van der Waals surface area contributed by atoms with Crippen molar-refractivity contribution in [1.29, 1.82) is 0 Å². The zero-order valence-corrected chi connectivity index (χ0v) is 18.5. The highest BCUT2D eigenvalue weighted by Crippen LogP contribution is 2.18. The molecule has 0 aliphatic carbocycles. The Morgan fingerprint density at radius 2 is 1.71 bits per heavy atom. The molecule has 0 atom stereocenters. The third kappa shape index (κ3) is 6.10. The summed E-state index contributed by atoms with van der Waals surface area (Å²) in [5.74, 6) is -0.704. The average Bonchev–Trinajstić information content (AvgIpc) is 3.28. The number of carbonyl (C=O) groups excluding carboxylic acids is 1. The van der Waals surface area contributed by atoms with Gasteiger partial charge in [-0.05, 0) is 41.3 Å². The van der Waals surface area contributed by atoms with Crippen LogP contribution in [0.25, 0.3) is 0 Å². The SMILES string of the molecule is C=CCN(CC(=O)N(Cc1ccc(F)cc1)Cc1cccs1)S(=O)(=O)c1ccccc1. The number of thiophene rings is 1. The number of carbonyl (C=O) groups is 1. The second kappa shape index (κ2) is 10.5. The molecule has 0 unspecified atom stereocenters. The van der Waals surface area contributed by atoms with E-state index in [4.69, 9.17) is 0 Å². The van der Waals surface area contributed by atoms with Crippen LogP contribution in [-0.2, 0) is 27.9 Å². The Bertz CT molecular complexity index is 1100. The Morgan fingerprint density at radius 1 is 1.00 bits per heavy atom. The fourth-order valence-electron chi connectivity index (χ4n) is 3.02. The van der Waals surface area contributed by atoms with Crippen LogP contribution in [0.15, 0.2) is 89.7 Å². The van der Waals surface area contributed by atoms with E-state index in [9.17, 15) is 17.6 Å². The summed E-state index contributed by atoms with van der Waals surface area (Å²) < 4.78 is 40.5. The molecule has 0 bridgehead atoms. The van der Waals surface area contributed by atoms with Crippen molar-refractivity contribution in [2.24, 2.45) is 0 Å². The fourth-order valence-corrected chi connectivity index (χ4v) is 5.12. The second-order valence-corrected chi connectivity index (χ2v) is 9.83. The van der Waals surface area contributed by atoms with Gasteiger partial charge in [0.1, 0.15) is 5.82 Å². The number of benzene rings is 2. The van der Waals surface area contributed by atoms with Crippen LogP contribution in [-0.4, -0.2) is 36.6 Å². The highest BCUT2D eigenvalue weighted by atomic mass is 32.2. The van der Waals surface area contributed by atoms with E-state index < -0.39 is 10.0 Å². The Labute approximate surface area is 186 Å². The van der Waals surface area contributed by atoms with Crippen LogP contribution in [0.4, 0.5) is 4.39 Å². The lowest BCUT2D eigenvalue weighted by Gasteiger charge is -2.26. The van der Waals surface area contributed by atoms with Crippen molar-refractivity contribution in [1.82, 2.24) is 9.21 Å². The highest BCUT2D eigenvalue weighted by Gasteiger charge is 2.27. The summed E-state index contributed by atoms with van der Waals surface area (Å²) in [5.41, 5.74) is 0.757. The summed E-state index contributed by atoms with van der Waals surface area (Å²) in [4.78, 5) is 15.9. The van der Waals surface area contributed by atoms with Gasteiger partial charge in [-0.15, -0.1) is 17.9 Å². The zero-order chi connectivity index (χ0) is 22.3. The van der Waals surface area contributed by atoms with Gasteiger partial charge in [0.25, 0.3) is 0 Å². The van der Waals surface area contributed by atoms with E-state index in [1.54, 1.807) is 35.2 Å². The van der Waals surface area contributed by atoms with Crippen molar-refractivity contribution in [3.8, 4) is 0 Å². The molecule has 3 aromatic rings. The summed E-state index contributed by atoms with van der Waals surface area (Å²) in [7, 11) is -3.86. The largest absolute Gasteiger partial charge is 0.332 e. The maximum atomic E-state index is 13.3. The zero-order valence-electron chi connectivity index (χ0n) is 16.9. The van der Waals surface area contributed by atoms with E-state index in [1.807, 2.05) is 17.5 Å². The molecule has 1 heterocycles. The summed E-state index contributed by atoms with van der Waals surface area (Å²) in [6.07, 6.45) is 1.46. The lowest BCUT2D eigenvalue weighted by Crippen LogP contribution is -2.42. The Morgan fingerprint density at radius 3 is 2.32 bits per heavy atom. The predicted molar refractivity (Wildman–Crippen MR) is 120 cm³/mol. The van der Waals surface area contributed by atoms with E-state index in [-0.39, 0.29) is 36.3 Å². The van der Waals surface area contributed by atoms with Crippen LogP contribution in [0.5, 0.6) is 0 Å². The molecular weight excluding hydrogens is 435 g/mol. The molecule has 0 N–H and O–H groups in total. The number of nitrogens with zero attached hydrogens (tertiary/aromatic N) is 2. The van der Waals surface area contributed by atoms with Gasteiger partial charge in [-0.3, -0.25) is 4.79 Å². The molecule has 1 amide bonds. The van der Waals surface area contributed by atoms with Crippen molar-refractivity contribution in [2.45, 2.75) is 18.0 Å². The number of amides is 1. The van der Waals surface area contributed by atoms with Crippen LogP contribution in [0.1, 0.15) is 10.4 Å². The van der Waals surface area contributed by atoms with Gasteiger partial charge in [-0.2, -0.15) is 4.31 Å². The molecule has 5 nitrogen and oxygen atoms in total. The van der Waals surface area contributed by atoms with E-state index >= 15 is 0 Å². The lowest BCUT2D eigenvalue weighted by molar-refractivity contribution is -0.132. The highest BCUT2D eigenvalue weighted by molar-refractivity contribution is 7.89. The minimum absolute atomic E-state index is 0.00631. The van der Waals surface area contributed by atoms with Gasteiger partial charge in [-0.1, -0.05) is 42.5 Å². The minimum Gasteiger partial charge on any atom is -0.332 e. The summed E-state index contributed by atoms with van der Waals surface area (Å²) in [6.45, 7) is 3.89. The van der Waals surface area contributed by atoms with Crippen LogP contribution >= 0.6 is 11.3 Å². The Kier molecular flexibility index (Phi) is 7.73. The maximum Gasteiger partial charge on any atom is 0.243 e. The molecule has 0 saturated heterocycles. The quantitative estimate of drug-likeness (QED) is 0.426. The number of hydrogen-bond donors (Lipinski definition) is 0. The molecule has 0 saturated carbocycles. The Hall–Kier alpha value is -2.81. The molecular formula is C23H23FN2O3S2. The predicted octanol–water partition coefficient (Wildman–Crippen LogP) is 4.29. The van der Waals surface area contributed by atoms with Crippen LogP contribution in [0, 0.1) is 5.82 Å². The van der Waals surface area contributed by atoms with E-state index in [0.29, 0.717) is 6.54 Å². The molecule has 8 heteroatoms. The monoisotopic (exact) mass is 458 g/mol. The smallest absolute Gasteiger partial charge is 0.243 e. The number of rotatable bonds is 10. The van der Waals surface area contributed by atoms with Crippen LogP contribution < -0.4 is 0 Å². The van der Waals surface area contributed by atoms with Crippen LogP contribution in [0.2, 0.25) is 0 Å². The van der Waals surface area contributed by atoms with Crippen molar-refractivity contribution < 1.29 is 17.6 Å². The fraction of sp³-hybridized carbons (Fsp3) is 0.174. The maximum absolute atomic E-state index is 13.3. The average molecular weight is 459 g/mol. The normalized spacial score (nSPS) is 11.4. The van der Waals surface area contributed by atoms with Gasteiger partial charge >= 0.3 is 0 Å².